The van der Waals surface area contributed by atoms with Crippen LogP contribution in [0.1, 0.15) is 15.9 Å². The van der Waals surface area contributed by atoms with Crippen molar-refractivity contribution in [1.82, 2.24) is 9.97 Å². The predicted molar refractivity (Wildman–Crippen MR) is 100 cm³/mol. The normalized spacial score (nSPS) is 10.7. The predicted octanol–water partition coefficient (Wildman–Crippen LogP) is 4.79. The Balaban J connectivity index is 1.71. The Morgan fingerprint density at radius 2 is 1.70 bits per heavy atom. The maximum absolute atomic E-state index is 13.8. The van der Waals surface area contributed by atoms with Crippen molar-refractivity contribution in [3.8, 4) is 11.3 Å². The molecule has 0 unspecified atom stereocenters. The number of para-hydroxylation sites is 1. The Morgan fingerprint density at radius 1 is 0.963 bits per heavy atom. The first-order valence-corrected chi connectivity index (χ1v) is 8.43. The quantitative estimate of drug-likeness (QED) is 0.492. The topological polar surface area (TPSA) is 52.1 Å². The molecule has 4 aromatic rings. The number of hydrogen-bond acceptors (Lipinski definition) is 4. The highest BCUT2D eigenvalue weighted by Gasteiger charge is 2.16. The molecule has 0 aliphatic heterocycles. The van der Waals surface area contributed by atoms with E-state index < -0.39 is 11.8 Å². The zero-order valence-electron chi connectivity index (χ0n) is 14.3. The van der Waals surface area contributed by atoms with Crippen LogP contribution in [0.4, 0.5) is 4.39 Å². The Morgan fingerprint density at radius 3 is 2.52 bits per heavy atom. The first-order valence-electron chi connectivity index (χ1n) is 8.43. The SMILES string of the molecule is O=C(OCc1ccccc1F)c1cc(-c2ccncc2)nc2ccccc12. The third kappa shape index (κ3) is 3.53. The second kappa shape index (κ2) is 7.33. The van der Waals surface area contributed by atoms with Crippen molar-refractivity contribution in [2.45, 2.75) is 6.61 Å². The van der Waals surface area contributed by atoms with E-state index >= 15 is 0 Å². The number of halogens is 1. The summed E-state index contributed by atoms with van der Waals surface area (Å²) in [4.78, 5) is 21.4. The van der Waals surface area contributed by atoms with Crippen LogP contribution in [-0.2, 0) is 11.3 Å². The van der Waals surface area contributed by atoms with E-state index in [0.29, 0.717) is 27.7 Å². The van der Waals surface area contributed by atoms with Gasteiger partial charge in [-0.1, -0.05) is 36.4 Å². The molecule has 0 saturated carbocycles. The molecule has 0 aliphatic carbocycles. The number of hydrogen-bond donors (Lipinski definition) is 0. The highest BCUT2D eigenvalue weighted by atomic mass is 19.1. The molecule has 132 valence electrons. The molecular weight excluding hydrogens is 343 g/mol. The third-order valence-electron chi connectivity index (χ3n) is 4.23. The van der Waals surface area contributed by atoms with E-state index in [0.717, 1.165) is 5.56 Å². The minimum absolute atomic E-state index is 0.132. The molecule has 2 aromatic carbocycles. The Bertz CT molecular complexity index is 1110. The van der Waals surface area contributed by atoms with Crippen LogP contribution < -0.4 is 0 Å². The van der Waals surface area contributed by atoms with Gasteiger partial charge in [-0.15, -0.1) is 0 Å². The molecule has 0 amide bonds. The van der Waals surface area contributed by atoms with Gasteiger partial charge in [0.1, 0.15) is 12.4 Å². The number of ether oxygens (including phenoxy) is 1. The third-order valence-corrected chi connectivity index (χ3v) is 4.23. The fourth-order valence-corrected chi connectivity index (χ4v) is 2.85. The molecule has 0 radical (unpaired) electrons. The lowest BCUT2D eigenvalue weighted by Crippen LogP contribution is -2.08. The molecule has 0 saturated heterocycles. The van der Waals surface area contributed by atoms with Gasteiger partial charge in [-0.3, -0.25) is 4.98 Å². The average Bonchev–Trinajstić information content (AvgIpc) is 2.73. The summed E-state index contributed by atoms with van der Waals surface area (Å²) in [6, 6.07) is 18.9. The summed E-state index contributed by atoms with van der Waals surface area (Å²) >= 11 is 0. The molecule has 4 nitrogen and oxygen atoms in total. The zero-order chi connectivity index (χ0) is 18.6. The molecule has 4 rings (SSSR count). The molecule has 0 aliphatic rings. The number of aromatic nitrogens is 2. The minimum Gasteiger partial charge on any atom is -0.457 e. The van der Waals surface area contributed by atoms with Crippen molar-refractivity contribution < 1.29 is 13.9 Å². The van der Waals surface area contributed by atoms with Crippen LogP contribution in [0, 0.1) is 5.82 Å². The molecule has 5 heteroatoms. The first-order chi connectivity index (χ1) is 13.2. The van der Waals surface area contributed by atoms with Gasteiger partial charge in [-0.25, -0.2) is 14.2 Å². The largest absolute Gasteiger partial charge is 0.457 e. The average molecular weight is 358 g/mol. The van der Waals surface area contributed by atoms with Crippen LogP contribution in [0.15, 0.2) is 79.1 Å². The summed E-state index contributed by atoms with van der Waals surface area (Å²) in [6.45, 7) is -0.132. The summed E-state index contributed by atoms with van der Waals surface area (Å²) < 4.78 is 19.1. The first kappa shape index (κ1) is 16.8. The lowest BCUT2D eigenvalue weighted by Gasteiger charge is -2.10. The second-order valence-electron chi connectivity index (χ2n) is 5.98. The molecule has 0 fully saturated rings. The smallest absolute Gasteiger partial charge is 0.339 e. The number of carbonyl (C=O) groups excluding carboxylic acids is 1. The van der Waals surface area contributed by atoms with Crippen LogP contribution >= 0.6 is 0 Å². The number of pyridine rings is 2. The summed E-state index contributed by atoms with van der Waals surface area (Å²) in [6.07, 6.45) is 3.34. The van der Waals surface area contributed by atoms with E-state index in [4.69, 9.17) is 4.74 Å². The summed E-state index contributed by atoms with van der Waals surface area (Å²) in [7, 11) is 0. The van der Waals surface area contributed by atoms with Gasteiger partial charge in [0.15, 0.2) is 0 Å². The number of fused-ring (bicyclic) bond motifs is 1. The Kier molecular flexibility index (Phi) is 4.58. The van der Waals surface area contributed by atoms with Gasteiger partial charge in [-0.2, -0.15) is 0 Å². The maximum Gasteiger partial charge on any atom is 0.339 e. The van der Waals surface area contributed by atoms with Gasteiger partial charge in [0.25, 0.3) is 0 Å². The summed E-state index contributed by atoms with van der Waals surface area (Å²) in [5.74, 6) is -0.922. The summed E-state index contributed by atoms with van der Waals surface area (Å²) in [5.41, 5.74) is 2.90. The standard InChI is InChI=1S/C22H15FN2O2/c23-19-7-3-1-5-16(19)14-27-22(26)18-13-21(15-9-11-24-12-10-15)25-20-8-4-2-6-17(18)20/h1-13H,14H2. The van der Waals surface area contributed by atoms with E-state index in [9.17, 15) is 9.18 Å². The monoisotopic (exact) mass is 358 g/mol. The number of esters is 1. The molecule has 2 aromatic heterocycles. The van der Waals surface area contributed by atoms with Crippen molar-refractivity contribution in [1.29, 1.82) is 0 Å². The molecule has 0 N–H and O–H groups in total. The minimum atomic E-state index is -0.521. The molecular formula is C22H15FN2O2. The lowest BCUT2D eigenvalue weighted by molar-refractivity contribution is 0.0471. The number of carbonyl (C=O) groups is 1. The Labute approximate surface area is 155 Å². The van der Waals surface area contributed by atoms with E-state index in [1.165, 1.54) is 6.07 Å². The van der Waals surface area contributed by atoms with Crippen molar-refractivity contribution >= 4 is 16.9 Å². The van der Waals surface area contributed by atoms with E-state index in [2.05, 4.69) is 9.97 Å². The molecule has 0 bridgehead atoms. The highest BCUT2D eigenvalue weighted by molar-refractivity contribution is 6.04. The van der Waals surface area contributed by atoms with Gasteiger partial charge in [0, 0.05) is 28.9 Å². The van der Waals surface area contributed by atoms with Crippen LogP contribution in [0.25, 0.3) is 22.2 Å². The Hall–Kier alpha value is -3.60. The van der Waals surface area contributed by atoms with Crippen molar-refractivity contribution in [2.24, 2.45) is 0 Å². The maximum atomic E-state index is 13.8. The number of rotatable bonds is 4. The zero-order valence-corrected chi connectivity index (χ0v) is 14.3. The second-order valence-corrected chi connectivity index (χ2v) is 5.98. The van der Waals surface area contributed by atoms with Crippen LogP contribution in [0.5, 0.6) is 0 Å². The van der Waals surface area contributed by atoms with E-state index in [-0.39, 0.29) is 6.61 Å². The molecule has 0 atom stereocenters. The van der Waals surface area contributed by atoms with Gasteiger partial charge < -0.3 is 4.74 Å². The van der Waals surface area contributed by atoms with E-state index in [1.54, 1.807) is 36.7 Å². The number of nitrogens with zero attached hydrogens (tertiary/aromatic N) is 2. The molecule has 27 heavy (non-hydrogen) atoms. The van der Waals surface area contributed by atoms with Gasteiger partial charge in [-0.05, 0) is 30.3 Å². The van der Waals surface area contributed by atoms with Crippen molar-refractivity contribution in [3.63, 3.8) is 0 Å². The van der Waals surface area contributed by atoms with Crippen molar-refractivity contribution in [2.75, 3.05) is 0 Å². The molecule has 0 spiro atoms. The van der Waals surface area contributed by atoms with Crippen molar-refractivity contribution in [3.05, 3.63) is 96.1 Å². The fraction of sp³-hybridized carbons (Fsp3) is 0.0455. The van der Waals surface area contributed by atoms with Gasteiger partial charge in [0.05, 0.1) is 16.8 Å². The van der Waals surface area contributed by atoms with Crippen LogP contribution in [0.2, 0.25) is 0 Å². The molecule has 2 heterocycles. The van der Waals surface area contributed by atoms with E-state index in [1.807, 2.05) is 36.4 Å². The van der Waals surface area contributed by atoms with Gasteiger partial charge in [0.2, 0.25) is 0 Å². The van der Waals surface area contributed by atoms with Crippen LogP contribution in [-0.4, -0.2) is 15.9 Å². The highest BCUT2D eigenvalue weighted by Crippen LogP contribution is 2.25. The summed E-state index contributed by atoms with van der Waals surface area (Å²) in [5, 5.41) is 0.689. The number of benzene rings is 2. The lowest BCUT2D eigenvalue weighted by atomic mass is 10.0. The van der Waals surface area contributed by atoms with Gasteiger partial charge >= 0.3 is 5.97 Å². The fourth-order valence-electron chi connectivity index (χ4n) is 2.85. The van der Waals surface area contributed by atoms with Crippen LogP contribution in [0.3, 0.4) is 0 Å².